The first-order valence-electron chi connectivity index (χ1n) is 5.62. The van der Waals surface area contributed by atoms with Crippen LogP contribution in [-0.2, 0) is 6.54 Å². The molecule has 0 saturated heterocycles. The minimum Gasteiger partial charge on any atom is -0.342 e. The first-order valence-corrected chi connectivity index (χ1v) is 6.00. The van der Waals surface area contributed by atoms with Gasteiger partial charge in [0, 0.05) is 18.1 Å². The lowest BCUT2D eigenvalue weighted by Crippen LogP contribution is -1.97. The molecule has 1 nitrogen and oxygen atoms in total. The van der Waals surface area contributed by atoms with Gasteiger partial charge in [0.05, 0.1) is 10.5 Å². The standard InChI is InChI=1S/C15H12ClN/c16-14-8-4-7-13-9-10-17(15(13)14)11-12-5-2-1-3-6-12/h1-10H,11H2. The highest BCUT2D eigenvalue weighted by molar-refractivity contribution is 6.35. The minimum atomic E-state index is 0.809. The zero-order valence-corrected chi connectivity index (χ0v) is 10.1. The third-order valence-electron chi connectivity index (χ3n) is 2.93. The Balaban J connectivity index is 2.07. The Hall–Kier alpha value is -1.73. The van der Waals surface area contributed by atoms with Crippen LogP contribution in [0.2, 0.25) is 5.02 Å². The second-order valence-electron chi connectivity index (χ2n) is 4.11. The van der Waals surface area contributed by atoms with Crippen LogP contribution in [0.15, 0.2) is 60.8 Å². The van der Waals surface area contributed by atoms with Crippen molar-refractivity contribution in [1.82, 2.24) is 4.57 Å². The lowest BCUT2D eigenvalue weighted by Gasteiger charge is -2.06. The molecule has 2 aromatic carbocycles. The number of para-hydroxylation sites is 1. The fourth-order valence-electron chi connectivity index (χ4n) is 2.13. The van der Waals surface area contributed by atoms with E-state index < -0.39 is 0 Å². The molecule has 0 aliphatic rings. The normalized spacial score (nSPS) is 10.9. The fraction of sp³-hybridized carbons (Fsp3) is 0.0667. The Labute approximate surface area is 105 Å². The molecule has 0 fully saturated rings. The summed E-state index contributed by atoms with van der Waals surface area (Å²) in [5, 5.41) is 2.00. The number of hydrogen-bond acceptors (Lipinski definition) is 0. The van der Waals surface area contributed by atoms with E-state index in [-0.39, 0.29) is 0 Å². The maximum Gasteiger partial charge on any atom is 0.0672 e. The minimum absolute atomic E-state index is 0.809. The molecular formula is C15H12ClN. The molecule has 1 aromatic heterocycles. The molecule has 84 valence electrons. The second-order valence-corrected chi connectivity index (χ2v) is 4.51. The Kier molecular flexibility index (Phi) is 2.62. The Bertz CT molecular complexity index is 640. The smallest absolute Gasteiger partial charge is 0.0672 e. The molecule has 3 aromatic rings. The number of halogens is 1. The fourth-order valence-corrected chi connectivity index (χ4v) is 2.42. The lowest BCUT2D eigenvalue weighted by molar-refractivity contribution is 0.837. The van der Waals surface area contributed by atoms with Crippen molar-refractivity contribution in [3.63, 3.8) is 0 Å². The van der Waals surface area contributed by atoms with Gasteiger partial charge in [-0.15, -0.1) is 0 Å². The average Bonchev–Trinajstić information content (AvgIpc) is 2.75. The third-order valence-corrected chi connectivity index (χ3v) is 3.24. The van der Waals surface area contributed by atoms with Crippen LogP contribution in [0.5, 0.6) is 0 Å². The molecule has 0 aliphatic carbocycles. The monoisotopic (exact) mass is 241 g/mol. The average molecular weight is 242 g/mol. The third kappa shape index (κ3) is 1.94. The van der Waals surface area contributed by atoms with Crippen LogP contribution < -0.4 is 0 Å². The van der Waals surface area contributed by atoms with Crippen molar-refractivity contribution < 1.29 is 0 Å². The van der Waals surface area contributed by atoms with Crippen LogP contribution in [0, 0.1) is 0 Å². The van der Waals surface area contributed by atoms with E-state index in [0.29, 0.717) is 0 Å². The number of aromatic nitrogens is 1. The van der Waals surface area contributed by atoms with Crippen molar-refractivity contribution in [3.05, 3.63) is 71.4 Å². The summed E-state index contributed by atoms with van der Waals surface area (Å²) < 4.78 is 2.19. The van der Waals surface area contributed by atoms with Gasteiger partial charge in [-0.1, -0.05) is 54.1 Å². The summed E-state index contributed by atoms with van der Waals surface area (Å²) in [5.41, 5.74) is 2.39. The number of benzene rings is 2. The summed E-state index contributed by atoms with van der Waals surface area (Å²) in [5.74, 6) is 0. The topological polar surface area (TPSA) is 4.93 Å². The van der Waals surface area contributed by atoms with Gasteiger partial charge in [-0.3, -0.25) is 0 Å². The van der Waals surface area contributed by atoms with Crippen LogP contribution in [0.4, 0.5) is 0 Å². The lowest BCUT2D eigenvalue weighted by atomic mass is 10.2. The summed E-state index contributed by atoms with van der Waals surface area (Å²) in [4.78, 5) is 0. The van der Waals surface area contributed by atoms with E-state index in [1.54, 1.807) is 0 Å². The number of fused-ring (bicyclic) bond motifs is 1. The van der Waals surface area contributed by atoms with Crippen LogP contribution in [0.3, 0.4) is 0 Å². The first kappa shape index (κ1) is 10.4. The molecule has 0 N–H and O–H groups in total. The highest BCUT2D eigenvalue weighted by Gasteiger charge is 2.04. The molecule has 0 unspecified atom stereocenters. The second kappa shape index (κ2) is 4.27. The molecule has 0 spiro atoms. The van der Waals surface area contributed by atoms with E-state index in [1.165, 1.54) is 10.9 Å². The molecule has 2 heteroatoms. The quantitative estimate of drug-likeness (QED) is 0.629. The van der Waals surface area contributed by atoms with Gasteiger partial charge in [0.15, 0.2) is 0 Å². The Morgan fingerprint density at radius 2 is 1.71 bits per heavy atom. The van der Waals surface area contributed by atoms with Gasteiger partial charge in [0.2, 0.25) is 0 Å². The molecule has 0 radical (unpaired) electrons. The number of nitrogens with zero attached hydrogens (tertiary/aromatic N) is 1. The van der Waals surface area contributed by atoms with Crippen LogP contribution >= 0.6 is 11.6 Å². The molecule has 17 heavy (non-hydrogen) atoms. The number of rotatable bonds is 2. The maximum absolute atomic E-state index is 6.25. The van der Waals surface area contributed by atoms with Gasteiger partial charge >= 0.3 is 0 Å². The molecule has 0 bridgehead atoms. The van der Waals surface area contributed by atoms with E-state index in [9.17, 15) is 0 Å². The zero-order chi connectivity index (χ0) is 11.7. The Morgan fingerprint density at radius 3 is 2.53 bits per heavy atom. The van der Waals surface area contributed by atoms with Crippen molar-refractivity contribution in [2.24, 2.45) is 0 Å². The summed E-state index contributed by atoms with van der Waals surface area (Å²) in [7, 11) is 0. The van der Waals surface area contributed by atoms with Crippen molar-refractivity contribution in [3.8, 4) is 0 Å². The SMILES string of the molecule is Clc1cccc2ccn(Cc3ccccc3)c12. The largest absolute Gasteiger partial charge is 0.342 e. The summed E-state index contributed by atoms with van der Waals surface area (Å²) in [6.45, 7) is 0.855. The predicted molar refractivity (Wildman–Crippen MR) is 72.5 cm³/mol. The molecule has 0 atom stereocenters. The summed E-state index contributed by atoms with van der Waals surface area (Å²) in [6, 6.07) is 18.5. The van der Waals surface area contributed by atoms with Crippen molar-refractivity contribution in [2.45, 2.75) is 6.54 Å². The van der Waals surface area contributed by atoms with E-state index >= 15 is 0 Å². The van der Waals surface area contributed by atoms with Gasteiger partial charge < -0.3 is 4.57 Å². The van der Waals surface area contributed by atoms with E-state index in [0.717, 1.165) is 17.1 Å². The Morgan fingerprint density at radius 1 is 0.882 bits per heavy atom. The molecule has 0 amide bonds. The van der Waals surface area contributed by atoms with E-state index in [2.05, 4.69) is 47.2 Å². The van der Waals surface area contributed by atoms with E-state index in [1.807, 2.05) is 18.2 Å². The van der Waals surface area contributed by atoms with Crippen molar-refractivity contribution in [2.75, 3.05) is 0 Å². The van der Waals surface area contributed by atoms with Crippen molar-refractivity contribution in [1.29, 1.82) is 0 Å². The molecule has 1 heterocycles. The van der Waals surface area contributed by atoms with Gasteiger partial charge in [-0.2, -0.15) is 0 Å². The van der Waals surface area contributed by atoms with E-state index in [4.69, 9.17) is 11.6 Å². The summed E-state index contributed by atoms with van der Waals surface area (Å²) >= 11 is 6.25. The molecular weight excluding hydrogens is 230 g/mol. The molecule has 0 aliphatic heterocycles. The highest BCUT2D eigenvalue weighted by atomic mass is 35.5. The first-order chi connectivity index (χ1) is 8.34. The highest BCUT2D eigenvalue weighted by Crippen LogP contribution is 2.24. The van der Waals surface area contributed by atoms with Crippen LogP contribution in [-0.4, -0.2) is 4.57 Å². The number of hydrogen-bond donors (Lipinski definition) is 0. The molecule has 0 saturated carbocycles. The predicted octanol–water partition coefficient (Wildman–Crippen LogP) is 4.34. The van der Waals surface area contributed by atoms with Gasteiger partial charge in [-0.25, -0.2) is 0 Å². The van der Waals surface area contributed by atoms with Crippen molar-refractivity contribution >= 4 is 22.5 Å². The van der Waals surface area contributed by atoms with Crippen LogP contribution in [0.1, 0.15) is 5.56 Å². The van der Waals surface area contributed by atoms with Gasteiger partial charge in [-0.05, 0) is 17.7 Å². The molecule has 3 rings (SSSR count). The zero-order valence-electron chi connectivity index (χ0n) is 9.31. The van der Waals surface area contributed by atoms with Crippen LogP contribution in [0.25, 0.3) is 10.9 Å². The van der Waals surface area contributed by atoms with Gasteiger partial charge in [0.25, 0.3) is 0 Å². The maximum atomic E-state index is 6.25. The summed E-state index contributed by atoms with van der Waals surface area (Å²) in [6.07, 6.45) is 2.09. The van der Waals surface area contributed by atoms with Gasteiger partial charge in [0.1, 0.15) is 0 Å².